The Kier molecular flexibility index (Phi) is 3.71. The van der Waals surface area contributed by atoms with Crippen molar-refractivity contribution in [3.05, 3.63) is 65.3 Å². The molecule has 3 nitrogen and oxygen atoms in total. The largest absolute Gasteiger partial charge is 0.441 e. The molecule has 108 valence electrons. The SMILES string of the molecule is CNC(Cc1nc2ccccc2o1)c1cccc(C)c1F. The minimum Gasteiger partial charge on any atom is -0.441 e. The van der Waals surface area contributed by atoms with E-state index in [1.165, 1.54) is 0 Å². The first-order valence-corrected chi connectivity index (χ1v) is 6.95. The van der Waals surface area contributed by atoms with Gasteiger partial charge in [-0.1, -0.05) is 30.3 Å². The lowest BCUT2D eigenvalue weighted by Gasteiger charge is -2.16. The summed E-state index contributed by atoms with van der Waals surface area (Å²) >= 11 is 0. The molecule has 3 rings (SSSR count). The Morgan fingerprint density at radius 2 is 2.00 bits per heavy atom. The summed E-state index contributed by atoms with van der Waals surface area (Å²) in [6.07, 6.45) is 0.506. The Balaban J connectivity index is 1.92. The quantitative estimate of drug-likeness (QED) is 0.792. The molecule has 1 N–H and O–H groups in total. The summed E-state index contributed by atoms with van der Waals surface area (Å²) in [6, 6.07) is 12.9. The molecule has 0 saturated heterocycles. The fourth-order valence-electron chi connectivity index (χ4n) is 2.49. The van der Waals surface area contributed by atoms with E-state index in [0.717, 1.165) is 11.1 Å². The predicted molar refractivity (Wildman–Crippen MR) is 80.7 cm³/mol. The third-order valence-electron chi connectivity index (χ3n) is 3.66. The van der Waals surface area contributed by atoms with E-state index >= 15 is 0 Å². The zero-order chi connectivity index (χ0) is 14.8. The number of oxazole rings is 1. The third kappa shape index (κ3) is 2.67. The molecule has 21 heavy (non-hydrogen) atoms. The number of para-hydroxylation sites is 2. The number of nitrogens with one attached hydrogen (secondary N) is 1. The monoisotopic (exact) mass is 284 g/mol. The molecule has 2 aromatic carbocycles. The fraction of sp³-hybridized carbons (Fsp3) is 0.235. The number of aromatic nitrogens is 1. The van der Waals surface area contributed by atoms with Crippen molar-refractivity contribution in [3.8, 4) is 0 Å². The fourth-order valence-corrected chi connectivity index (χ4v) is 2.49. The van der Waals surface area contributed by atoms with E-state index in [9.17, 15) is 4.39 Å². The molecule has 0 amide bonds. The zero-order valence-corrected chi connectivity index (χ0v) is 12.1. The Hall–Kier alpha value is -2.20. The molecule has 1 atom stereocenters. The predicted octanol–water partition coefficient (Wildman–Crippen LogP) is 3.78. The average molecular weight is 284 g/mol. The van der Waals surface area contributed by atoms with Gasteiger partial charge in [-0.25, -0.2) is 9.37 Å². The van der Waals surface area contributed by atoms with Gasteiger partial charge in [-0.15, -0.1) is 0 Å². The molecule has 0 radical (unpaired) electrons. The molecular formula is C17H17FN2O. The van der Waals surface area contributed by atoms with E-state index in [0.29, 0.717) is 23.4 Å². The third-order valence-corrected chi connectivity index (χ3v) is 3.66. The topological polar surface area (TPSA) is 38.1 Å². The van der Waals surface area contributed by atoms with E-state index < -0.39 is 0 Å². The smallest absolute Gasteiger partial charge is 0.197 e. The number of hydrogen-bond acceptors (Lipinski definition) is 3. The maximum absolute atomic E-state index is 14.3. The van der Waals surface area contributed by atoms with Crippen molar-refractivity contribution in [2.45, 2.75) is 19.4 Å². The standard InChI is InChI=1S/C17H17FN2O/c1-11-6-5-7-12(17(11)18)14(19-2)10-16-20-13-8-3-4-9-15(13)21-16/h3-9,14,19H,10H2,1-2H3. The van der Waals surface area contributed by atoms with Gasteiger partial charge in [0.1, 0.15) is 11.3 Å². The number of nitrogens with zero attached hydrogens (tertiary/aromatic N) is 1. The Bertz CT molecular complexity index is 733. The normalized spacial score (nSPS) is 12.7. The molecule has 0 saturated carbocycles. The maximum atomic E-state index is 14.3. The lowest BCUT2D eigenvalue weighted by atomic mass is 10.0. The molecule has 1 heterocycles. The summed E-state index contributed by atoms with van der Waals surface area (Å²) in [5.41, 5.74) is 2.87. The van der Waals surface area contributed by atoms with Gasteiger partial charge in [0, 0.05) is 18.0 Å². The second-order valence-corrected chi connectivity index (χ2v) is 5.10. The van der Waals surface area contributed by atoms with Crippen molar-refractivity contribution in [2.24, 2.45) is 0 Å². The highest BCUT2D eigenvalue weighted by Gasteiger charge is 2.18. The number of likely N-dealkylation sites (N-methyl/N-ethyl adjacent to an activating group) is 1. The number of halogens is 1. The van der Waals surface area contributed by atoms with Crippen LogP contribution in [0.5, 0.6) is 0 Å². The van der Waals surface area contributed by atoms with E-state index in [1.807, 2.05) is 37.4 Å². The summed E-state index contributed by atoms with van der Waals surface area (Å²) in [4.78, 5) is 4.45. The van der Waals surface area contributed by atoms with Gasteiger partial charge in [-0.3, -0.25) is 0 Å². The first-order chi connectivity index (χ1) is 10.2. The highest BCUT2D eigenvalue weighted by atomic mass is 19.1. The van der Waals surface area contributed by atoms with Gasteiger partial charge in [0.2, 0.25) is 0 Å². The Labute approximate surface area is 122 Å². The summed E-state index contributed by atoms with van der Waals surface area (Å²) in [7, 11) is 1.81. The molecule has 0 aliphatic carbocycles. The number of aryl methyl sites for hydroxylation is 1. The van der Waals surface area contributed by atoms with Gasteiger partial charge in [-0.05, 0) is 31.7 Å². The molecule has 1 unspecified atom stereocenters. The van der Waals surface area contributed by atoms with Crippen LogP contribution < -0.4 is 5.32 Å². The van der Waals surface area contributed by atoms with Crippen LogP contribution in [-0.2, 0) is 6.42 Å². The van der Waals surface area contributed by atoms with Crippen LogP contribution in [-0.4, -0.2) is 12.0 Å². The van der Waals surface area contributed by atoms with Gasteiger partial charge >= 0.3 is 0 Å². The van der Waals surface area contributed by atoms with Crippen molar-refractivity contribution in [2.75, 3.05) is 7.05 Å². The minimum absolute atomic E-state index is 0.169. The Morgan fingerprint density at radius 3 is 2.76 bits per heavy atom. The molecule has 0 aliphatic rings. The van der Waals surface area contributed by atoms with Crippen LogP contribution in [0.25, 0.3) is 11.1 Å². The van der Waals surface area contributed by atoms with Gasteiger partial charge in [-0.2, -0.15) is 0 Å². The van der Waals surface area contributed by atoms with E-state index in [2.05, 4.69) is 10.3 Å². The first kappa shape index (κ1) is 13.8. The van der Waals surface area contributed by atoms with Crippen molar-refractivity contribution < 1.29 is 8.81 Å². The van der Waals surface area contributed by atoms with Crippen LogP contribution in [0.2, 0.25) is 0 Å². The second kappa shape index (κ2) is 5.66. The van der Waals surface area contributed by atoms with Gasteiger partial charge < -0.3 is 9.73 Å². The Morgan fingerprint density at radius 1 is 1.19 bits per heavy atom. The van der Waals surface area contributed by atoms with Crippen molar-refractivity contribution >= 4 is 11.1 Å². The molecule has 4 heteroatoms. The zero-order valence-electron chi connectivity index (χ0n) is 12.1. The summed E-state index contributed by atoms with van der Waals surface area (Å²) in [5, 5.41) is 3.14. The van der Waals surface area contributed by atoms with Crippen LogP contribution in [0.4, 0.5) is 4.39 Å². The minimum atomic E-state index is -0.173. The van der Waals surface area contributed by atoms with Crippen LogP contribution in [0.3, 0.4) is 0 Å². The average Bonchev–Trinajstić information content (AvgIpc) is 2.90. The van der Waals surface area contributed by atoms with Crippen LogP contribution >= 0.6 is 0 Å². The lowest BCUT2D eigenvalue weighted by Crippen LogP contribution is -2.20. The van der Waals surface area contributed by atoms with E-state index in [4.69, 9.17) is 4.42 Å². The molecule has 3 aromatic rings. The van der Waals surface area contributed by atoms with Gasteiger partial charge in [0.15, 0.2) is 11.5 Å². The molecule has 0 bridgehead atoms. The van der Waals surface area contributed by atoms with Crippen LogP contribution in [0, 0.1) is 12.7 Å². The number of benzene rings is 2. The summed E-state index contributed by atoms with van der Waals surface area (Å²) in [6.45, 7) is 1.77. The molecule has 0 aliphatic heterocycles. The van der Waals surface area contributed by atoms with E-state index in [-0.39, 0.29) is 11.9 Å². The summed E-state index contributed by atoms with van der Waals surface area (Å²) < 4.78 is 20.0. The highest BCUT2D eigenvalue weighted by Crippen LogP contribution is 2.24. The summed E-state index contributed by atoms with van der Waals surface area (Å²) in [5.74, 6) is 0.435. The molecular weight excluding hydrogens is 267 g/mol. The van der Waals surface area contributed by atoms with Crippen LogP contribution in [0.1, 0.15) is 23.1 Å². The maximum Gasteiger partial charge on any atom is 0.197 e. The van der Waals surface area contributed by atoms with Gasteiger partial charge in [0.05, 0.1) is 0 Å². The highest BCUT2D eigenvalue weighted by molar-refractivity contribution is 5.72. The van der Waals surface area contributed by atoms with Crippen molar-refractivity contribution in [1.82, 2.24) is 10.3 Å². The lowest BCUT2D eigenvalue weighted by molar-refractivity contribution is 0.460. The first-order valence-electron chi connectivity index (χ1n) is 6.95. The number of fused-ring (bicyclic) bond motifs is 1. The van der Waals surface area contributed by atoms with Gasteiger partial charge in [0.25, 0.3) is 0 Å². The van der Waals surface area contributed by atoms with Crippen molar-refractivity contribution in [1.29, 1.82) is 0 Å². The number of hydrogen-bond donors (Lipinski definition) is 1. The van der Waals surface area contributed by atoms with Crippen molar-refractivity contribution in [3.63, 3.8) is 0 Å². The molecule has 1 aromatic heterocycles. The van der Waals surface area contributed by atoms with Crippen LogP contribution in [0.15, 0.2) is 46.9 Å². The molecule has 0 fully saturated rings. The number of rotatable bonds is 4. The second-order valence-electron chi connectivity index (χ2n) is 5.10. The molecule has 0 spiro atoms. The van der Waals surface area contributed by atoms with E-state index in [1.54, 1.807) is 19.1 Å².